The second kappa shape index (κ2) is 4.96. The van der Waals surface area contributed by atoms with Gasteiger partial charge in [0.05, 0.1) is 5.56 Å². The Morgan fingerprint density at radius 1 is 1.50 bits per heavy atom. The minimum Gasteiger partial charge on any atom is -0.611 e. The molecule has 1 rings (SSSR count). The van der Waals surface area contributed by atoms with Crippen molar-refractivity contribution in [2.75, 3.05) is 0 Å². The topological polar surface area (TPSA) is 40.1 Å². The summed E-state index contributed by atoms with van der Waals surface area (Å²) in [6.45, 7) is 3.74. The number of hydrogen-bond donors (Lipinski definition) is 0. The summed E-state index contributed by atoms with van der Waals surface area (Å²) in [5, 5.41) is 0.0230. The lowest BCUT2D eigenvalue weighted by atomic mass is 10.2. The van der Waals surface area contributed by atoms with E-state index in [9.17, 15) is 9.35 Å². The van der Waals surface area contributed by atoms with Gasteiger partial charge in [0.25, 0.3) is 0 Å². The van der Waals surface area contributed by atoms with E-state index in [-0.39, 0.29) is 5.25 Å². The first-order valence-corrected chi connectivity index (χ1v) is 6.22. The first-order chi connectivity index (χ1) is 6.56. The average molecular weight is 275 g/mol. The highest BCUT2D eigenvalue weighted by Crippen LogP contribution is 2.22. The molecule has 76 valence electrons. The maximum Gasteiger partial charge on any atom is 0.163 e. The van der Waals surface area contributed by atoms with Crippen LogP contribution in [0.1, 0.15) is 24.2 Å². The zero-order valence-electron chi connectivity index (χ0n) is 7.99. The van der Waals surface area contributed by atoms with Gasteiger partial charge in [-0.1, -0.05) is 15.9 Å². The molecule has 1 aromatic rings. The summed E-state index contributed by atoms with van der Waals surface area (Å²) in [6, 6.07) is 5.20. The van der Waals surface area contributed by atoms with Crippen LogP contribution < -0.4 is 0 Å². The molecule has 2 nitrogen and oxygen atoms in total. The van der Waals surface area contributed by atoms with Gasteiger partial charge in [0, 0.05) is 4.47 Å². The van der Waals surface area contributed by atoms with E-state index in [0.717, 1.165) is 10.8 Å². The molecule has 0 spiro atoms. The molecule has 0 saturated carbocycles. The highest BCUT2D eigenvalue weighted by molar-refractivity contribution is 9.10. The molecule has 0 bridgehead atoms. The van der Waals surface area contributed by atoms with Crippen LogP contribution in [-0.2, 0) is 11.2 Å². The summed E-state index contributed by atoms with van der Waals surface area (Å²) in [5.74, 6) is 0. The lowest BCUT2D eigenvalue weighted by Crippen LogP contribution is -2.15. The Morgan fingerprint density at radius 2 is 2.14 bits per heavy atom. The van der Waals surface area contributed by atoms with Crippen LogP contribution in [-0.4, -0.2) is 16.1 Å². The number of hydrogen-bond acceptors (Lipinski definition) is 2. The predicted molar refractivity (Wildman–Crippen MR) is 61.1 cm³/mol. The summed E-state index contributed by atoms with van der Waals surface area (Å²) < 4.78 is 12.6. The summed E-state index contributed by atoms with van der Waals surface area (Å²) in [4.78, 5) is 11.4. The molecule has 1 unspecified atom stereocenters. The van der Waals surface area contributed by atoms with Gasteiger partial charge in [0.1, 0.15) is 5.25 Å². The largest absolute Gasteiger partial charge is 0.611 e. The van der Waals surface area contributed by atoms with Crippen molar-refractivity contribution in [3.63, 3.8) is 0 Å². The molecular weight excluding hydrogens is 264 g/mol. The lowest BCUT2D eigenvalue weighted by Gasteiger charge is -2.15. The van der Waals surface area contributed by atoms with Crippen molar-refractivity contribution < 1.29 is 9.35 Å². The average Bonchev–Trinajstić information content (AvgIpc) is 2.16. The smallest absolute Gasteiger partial charge is 0.163 e. The van der Waals surface area contributed by atoms with Gasteiger partial charge in [-0.15, -0.1) is 0 Å². The van der Waals surface area contributed by atoms with Crippen LogP contribution in [0.25, 0.3) is 0 Å². The summed E-state index contributed by atoms with van der Waals surface area (Å²) in [7, 11) is 0. The van der Waals surface area contributed by atoms with Gasteiger partial charge in [0.15, 0.2) is 11.2 Å². The fraction of sp³-hybridized carbons (Fsp3) is 0.300. The number of halogens is 1. The van der Waals surface area contributed by atoms with Gasteiger partial charge in [-0.25, -0.2) is 0 Å². The minimum absolute atomic E-state index is 0.0230. The fourth-order valence-corrected chi connectivity index (χ4v) is 2.48. The first kappa shape index (κ1) is 11.8. The standard InChI is InChI=1S/C10H11BrO2S/c1-7(2)14(13)10-4-3-9(11)5-8(10)6-12/h3-7H,1-2H3. The number of benzene rings is 1. The van der Waals surface area contributed by atoms with E-state index in [1.54, 1.807) is 18.2 Å². The van der Waals surface area contributed by atoms with E-state index in [1.807, 2.05) is 13.8 Å². The van der Waals surface area contributed by atoms with Crippen molar-refractivity contribution in [3.05, 3.63) is 28.2 Å². The van der Waals surface area contributed by atoms with Crippen molar-refractivity contribution in [3.8, 4) is 0 Å². The maximum absolute atomic E-state index is 11.8. The SMILES string of the molecule is CC(C)[S+]([O-])c1ccc(Br)cc1C=O. The van der Waals surface area contributed by atoms with E-state index in [1.165, 1.54) is 0 Å². The second-order valence-corrected chi connectivity index (χ2v) is 6.04. The van der Waals surface area contributed by atoms with Gasteiger partial charge in [-0.05, 0) is 43.2 Å². The number of carbonyl (C=O) groups excluding carboxylic acids is 1. The lowest BCUT2D eigenvalue weighted by molar-refractivity contribution is 0.112. The molecule has 0 aliphatic carbocycles. The number of carbonyl (C=O) groups is 1. The van der Waals surface area contributed by atoms with Crippen LogP contribution in [0, 0.1) is 0 Å². The van der Waals surface area contributed by atoms with Gasteiger partial charge < -0.3 is 4.55 Å². The third-order valence-electron chi connectivity index (χ3n) is 1.74. The zero-order valence-corrected chi connectivity index (χ0v) is 10.4. The van der Waals surface area contributed by atoms with Crippen LogP contribution >= 0.6 is 15.9 Å². The molecule has 0 fully saturated rings. The molecule has 0 aliphatic rings. The van der Waals surface area contributed by atoms with Gasteiger partial charge in [0.2, 0.25) is 0 Å². The van der Waals surface area contributed by atoms with E-state index in [0.29, 0.717) is 10.5 Å². The Balaban J connectivity index is 3.13. The third-order valence-corrected chi connectivity index (χ3v) is 3.90. The molecule has 1 aromatic carbocycles. The fourth-order valence-electron chi connectivity index (χ4n) is 1.05. The summed E-state index contributed by atoms with van der Waals surface area (Å²) in [6.07, 6.45) is 0.736. The van der Waals surface area contributed by atoms with Crippen molar-refractivity contribution >= 4 is 33.4 Å². The Morgan fingerprint density at radius 3 is 2.64 bits per heavy atom. The van der Waals surface area contributed by atoms with Crippen molar-refractivity contribution in [2.24, 2.45) is 0 Å². The van der Waals surface area contributed by atoms with E-state index >= 15 is 0 Å². The summed E-state index contributed by atoms with van der Waals surface area (Å²) >= 11 is 2.16. The Bertz CT molecular complexity index is 339. The van der Waals surface area contributed by atoms with E-state index in [4.69, 9.17) is 0 Å². The number of aldehydes is 1. The van der Waals surface area contributed by atoms with Gasteiger partial charge in [-0.3, -0.25) is 4.79 Å². The van der Waals surface area contributed by atoms with Crippen molar-refractivity contribution in [2.45, 2.75) is 24.0 Å². The molecule has 0 radical (unpaired) electrons. The number of rotatable bonds is 3. The molecular formula is C10H11BrO2S. The molecule has 0 saturated heterocycles. The van der Waals surface area contributed by atoms with Crippen LogP contribution in [0.5, 0.6) is 0 Å². The minimum atomic E-state index is -1.11. The molecule has 0 aliphatic heterocycles. The van der Waals surface area contributed by atoms with Crippen LogP contribution in [0.2, 0.25) is 0 Å². The van der Waals surface area contributed by atoms with E-state index in [2.05, 4.69) is 15.9 Å². The second-order valence-electron chi connectivity index (χ2n) is 3.15. The molecule has 1 atom stereocenters. The quantitative estimate of drug-likeness (QED) is 0.628. The highest BCUT2D eigenvalue weighted by atomic mass is 79.9. The highest BCUT2D eigenvalue weighted by Gasteiger charge is 2.19. The molecule has 4 heteroatoms. The molecule has 0 aromatic heterocycles. The van der Waals surface area contributed by atoms with E-state index < -0.39 is 11.2 Å². The summed E-state index contributed by atoms with van der Waals surface area (Å²) in [5.41, 5.74) is 0.492. The molecule has 0 amide bonds. The molecule has 0 heterocycles. The molecule has 14 heavy (non-hydrogen) atoms. The van der Waals surface area contributed by atoms with Gasteiger partial charge in [-0.2, -0.15) is 0 Å². The monoisotopic (exact) mass is 274 g/mol. The Hall–Kier alpha value is -0.320. The normalized spacial score (nSPS) is 12.9. The van der Waals surface area contributed by atoms with Crippen LogP contribution in [0.4, 0.5) is 0 Å². The maximum atomic E-state index is 11.8. The van der Waals surface area contributed by atoms with Crippen molar-refractivity contribution in [1.29, 1.82) is 0 Å². The van der Waals surface area contributed by atoms with Crippen molar-refractivity contribution in [1.82, 2.24) is 0 Å². The Labute approximate surface area is 95.0 Å². The Kier molecular flexibility index (Phi) is 4.16. The molecule has 0 N–H and O–H groups in total. The zero-order chi connectivity index (χ0) is 10.7. The van der Waals surface area contributed by atoms with Crippen LogP contribution in [0.3, 0.4) is 0 Å². The van der Waals surface area contributed by atoms with Gasteiger partial charge >= 0.3 is 0 Å². The predicted octanol–water partition coefficient (Wildman–Crippen LogP) is 2.78. The first-order valence-electron chi connectivity index (χ1n) is 4.21. The third kappa shape index (κ3) is 2.59. The van der Waals surface area contributed by atoms with Crippen LogP contribution in [0.15, 0.2) is 27.6 Å².